The van der Waals surface area contributed by atoms with Gasteiger partial charge in [0.15, 0.2) is 0 Å². The Morgan fingerprint density at radius 2 is 2.22 bits per heavy atom. The fourth-order valence-electron chi connectivity index (χ4n) is 1.37. The number of esters is 1. The van der Waals surface area contributed by atoms with Crippen LogP contribution in [0.3, 0.4) is 0 Å². The number of carbonyl (C=O) groups excluding carboxylic acids is 1. The van der Waals surface area contributed by atoms with Gasteiger partial charge in [0.1, 0.15) is 5.75 Å². The normalized spacial score (nSPS) is 11.8. The smallest absolute Gasteiger partial charge is 0.340 e. The number of alkyl halides is 1. The predicted molar refractivity (Wildman–Crippen MR) is 69.6 cm³/mol. The number of methoxy groups -OCH3 is 2. The van der Waals surface area contributed by atoms with Crippen molar-refractivity contribution < 1.29 is 19.4 Å². The van der Waals surface area contributed by atoms with Crippen molar-refractivity contribution >= 4 is 23.3 Å². The summed E-state index contributed by atoms with van der Waals surface area (Å²) in [4.78, 5) is 11.6. The molecule has 0 spiro atoms. The summed E-state index contributed by atoms with van der Waals surface area (Å²) in [5.41, 5.74) is 0.908. The number of aliphatic hydroxyl groups excluding tert-OH is 1. The number of benzene rings is 1. The third kappa shape index (κ3) is 3.78. The highest BCUT2D eigenvalue weighted by Gasteiger charge is 2.14. The molecule has 0 amide bonds. The molecule has 2 N–H and O–H groups in total. The molecule has 18 heavy (non-hydrogen) atoms. The lowest BCUT2D eigenvalue weighted by molar-refractivity contribution is 0.0601. The maximum absolute atomic E-state index is 11.6. The molecule has 0 heterocycles. The third-order valence-corrected chi connectivity index (χ3v) is 2.69. The summed E-state index contributed by atoms with van der Waals surface area (Å²) >= 11 is 5.49. The molecule has 1 unspecified atom stereocenters. The monoisotopic (exact) mass is 273 g/mol. The first kappa shape index (κ1) is 14.6. The lowest BCUT2D eigenvalue weighted by Crippen LogP contribution is -2.22. The van der Waals surface area contributed by atoms with E-state index in [-0.39, 0.29) is 12.4 Å². The molecule has 100 valence electrons. The molecule has 1 atom stereocenters. The van der Waals surface area contributed by atoms with Gasteiger partial charge in [-0.3, -0.25) is 0 Å². The topological polar surface area (TPSA) is 67.8 Å². The van der Waals surface area contributed by atoms with E-state index in [1.807, 2.05) is 0 Å². The Bertz CT molecular complexity index is 411. The number of halogens is 1. The zero-order valence-corrected chi connectivity index (χ0v) is 11.0. The van der Waals surface area contributed by atoms with E-state index in [0.717, 1.165) is 0 Å². The first-order chi connectivity index (χ1) is 8.62. The van der Waals surface area contributed by atoms with Crippen LogP contribution >= 0.6 is 11.6 Å². The van der Waals surface area contributed by atoms with Crippen LogP contribution in [0.4, 0.5) is 5.69 Å². The van der Waals surface area contributed by atoms with Crippen LogP contribution < -0.4 is 10.1 Å². The second-order valence-electron chi connectivity index (χ2n) is 3.59. The molecule has 0 fully saturated rings. The van der Waals surface area contributed by atoms with Crippen LogP contribution in [0, 0.1) is 0 Å². The number of aliphatic hydroxyl groups is 1. The van der Waals surface area contributed by atoms with Gasteiger partial charge in [0, 0.05) is 12.2 Å². The van der Waals surface area contributed by atoms with Crippen LogP contribution in [0.25, 0.3) is 0 Å². The van der Waals surface area contributed by atoms with E-state index in [1.54, 1.807) is 18.2 Å². The molecule has 1 rings (SSSR count). The van der Waals surface area contributed by atoms with E-state index in [4.69, 9.17) is 16.3 Å². The molecule has 0 bridgehead atoms. The van der Waals surface area contributed by atoms with Gasteiger partial charge in [-0.25, -0.2) is 4.79 Å². The van der Waals surface area contributed by atoms with E-state index in [0.29, 0.717) is 17.0 Å². The highest BCUT2D eigenvalue weighted by molar-refractivity contribution is 6.18. The Kier molecular flexibility index (Phi) is 5.74. The quantitative estimate of drug-likeness (QED) is 0.607. The molecule has 5 nitrogen and oxygen atoms in total. The van der Waals surface area contributed by atoms with Gasteiger partial charge in [0.2, 0.25) is 0 Å². The molecule has 0 aromatic heterocycles. The van der Waals surface area contributed by atoms with Crippen molar-refractivity contribution in [2.45, 2.75) is 6.10 Å². The van der Waals surface area contributed by atoms with Crippen molar-refractivity contribution in [2.75, 3.05) is 32.0 Å². The van der Waals surface area contributed by atoms with Crippen molar-refractivity contribution in [3.63, 3.8) is 0 Å². The molecular weight excluding hydrogens is 258 g/mol. The maximum Gasteiger partial charge on any atom is 0.340 e. The Morgan fingerprint density at radius 1 is 1.50 bits per heavy atom. The number of hydrogen-bond acceptors (Lipinski definition) is 5. The van der Waals surface area contributed by atoms with Crippen LogP contribution in [0.2, 0.25) is 0 Å². The Morgan fingerprint density at radius 3 is 2.78 bits per heavy atom. The van der Waals surface area contributed by atoms with Crippen LogP contribution in [0.1, 0.15) is 10.4 Å². The molecular formula is C12H16ClNO4. The Balaban J connectivity index is 2.91. The minimum absolute atomic E-state index is 0.122. The molecule has 1 aromatic rings. The van der Waals surface area contributed by atoms with Crippen molar-refractivity contribution in [2.24, 2.45) is 0 Å². The van der Waals surface area contributed by atoms with Crippen molar-refractivity contribution in [3.8, 4) is 5.75 Å². The minimum atomic E-state index is -0.681. The summed E-state index contributed by atoms with van der Waals surface area (Å²) in [5, 5.41) is 12.3. The average molecular weight is 274 g/mol. The number of nitrogens with one attached hydrogen (secondary N) is 1. The van der Waals surface area contributed by atoms with Gasteiger partial charge in [-0.2, -0.15) is 0 Å². The molecule has 0 radical (unpaired) electrons. The third-order valence-electron chi connectivity index (χ3n) is 2.34. The molecule has 0 aliphatic carbocycles. The highest BCUT2D eigenvalue weighted by Crippen LogP contribution is 2.22. The van der Waals surface area contributed by atoms with E-state index >= 15 is 0 Å². The second-order valence-corrected chi connectivity index (χ2v) is 3.90. The molecule has 0 aliphatic rings. The molecule has 0 saturated carbocycles. The van der Waals surface area contributed by atoms with E-state index in [2.05, 4.69) is 10.1 Å². The highest BCUT2D eigenvalue weighted by atomic mass is 35.5. The largest absolute Gasteiger partial charge is 0.497 e. The SMILES string of the molecule is COC(=O)c1cc(OC)ccc1NCC(O)CCl. The summed E-state index contributed by atoms with van der Waals surface area (Å²) in [6.07, 6.45) is -0.681. The van der Waals surface area contributed by atoms with Crippen LogP contribution in [0.5, 0.6) is 5.75 Å². The number of carbonyl (C=O) groups is 1. The van der Waals surface area contributed by atoms with Crippen molar-refractivity contribution in [3.05, 3.63) is 23.8 Å². The van der Waals surface area contributed by atoms with Crippen LogP contribution in [-0.4, -0.2) is 43.8 Å². The molecule has 0 aliphatic heterocycles. The average Bonchev–Trinajstić information content (AvgIpc) is 2.43. The zero-order chi connectivity index (χ0) is 13.5. The van der Waals surface area contributed by atoms with Crippen molar-refractivity contribution in [1.29, 1.82) is 0 Å². The maximum atomic E-state index is 11.6. The number of rotatable bonds is 6. The summed E-state index contributed by atoms with van der Waals surface area (Å²) in [7, 11) is 2.82. The molecule has 6 heteroatoms. The van der Waals surface area contributed by atoms with E-state index in [1.165, 1.54) is 14.2 Å². The number of anilines is 1. The first-order valence-electron chi connectivity index (χ1n) is 5.36. The molecule has 0 saturated heterocycles. The first-order valence-corrected chi connectivity index (χ1v) is 5.90. The minimum Gasteiger partial charge on any atom is -0.497 e. The van der Waals surface area contributed by atoms with E-state index < -0.39 is 12.1 Å². The lowest BCUT2D eigenvalue weighted by atomic mass is 10.1. The second kappa shape index (κ2) is 7.08. The van der Waals surface area contributed by atoms with Gasteiger partial charge in [0.25, 0.3) is 0 Å². The van der Waals surface area contributed by atoms with Crippen LogP contribution in [-0.2, 0) is 4.74 Å². The summed E-state index contributed by atoms with van der Waals surface area (Å²) in [5.74, 6) is 0.201. The zero-order valence-electron chi connectivity index (χ0n) is 10.3. The van der Waals surface area contributed by atoms with Gasteiger partial charge in [0.05, 0.1) is 31.8 Å². The van der Waals surface area contributed by atoms with Crippen LogP contribution in [0.15, 0.2) is 18.2 Å². The van der Waals surface area contributed by atoms with Gasteiger partial charge in [-0.1, -0.05) is 0 Å². The fraction of sp³-hybridized carbons (Fsp3) is 0.417. The van der Waals surface area contributed by atoms with Crippen molar-refractivity contribution in [1.82, 2.24) is 0 Å². The summed E-state index contributed by atoms with van der Waals surface area (Å²) in [6.45, 7) is 0.250. The summed E-state index contributed by atoms with van der Waals surface area (Å²) < 4.78 is 9.73. The number of ether oxygens (including phenoxy) is 2. The predicted octanol–water partition coefficient (Wildman–Crippen LogP) is 1.49. The lowest BCUT2D eigenvalue weighted by Gasteiger charge is -2.14. The standard InChI is InChI=1S/C12H16ClNO4/c1-17-9-3-4-11(14-7-8(15)6-13)10(5-9)12(16)18-2/h3-5,8,14-15H,6-7H2,1-2H3. The van der Waals surface area contributed by atoms with Gasteiger partial charge in [-0.05, 0) is 18.2 Å². The van der Waals surface area contributed by atoms with Gasteiger partial charge in [-0.15, -0.1) is 11.6 Å². The van der Waals surface area contributed by atoms with Gasteiger partial charge < -0.3 is 19.9 Å². The van der Waals surface area contributed by atoms with E-state index in [9.17, 15) is 9.90 Å². The molecule has 1 aromatic carbocycles. The number of hydrogen-bond donors (Lipinski definition) is 2. The van der Waals surface area contributed by atoms with Gasteiger partial charge >= 0.3 is 5.97 Å². The summed E-state index contributed by atoms with van der Waals surface area (Å²) in [6, 6.07) is 4.97. The Hall–Kier alpha value is -1.46. The fourth-order valence-corrected chi connectivity index (χ4v) is 1.47. The Labute approximate surface area is 111 Å².